The summed E-state index contributed by atoms with van der Waals surface area (Å²) >= 11 is 0. The lowest BCUT2D eigenvalue weighted by Crippen LogP contribution is -2.15. The predicted molar refractivity (Wildman–Crippen MR) is 159 cm³/mol. The first-order valence-corrected chi connectivity index (χ1v) is 16.3. The van der Waals surface area contributed by atoms with Gasteiger partial charge in [0.15, 0.2) is 6.01 Å². The Hall–Kier alpha value is -2.87. The quantitative estimate of drug-likeness (QED) is 0.252. The van der Waals surface area contributed by atoms with E-state index in [4.69, 9.17) is 0 Å². The van der Waals surface area contributed by atoms with Gasteiger partial charge in [-0.25, -0.2) is 21.2 Å². The molecule has 0 spiro atoms. The monoisotopic (exact) mass is 616 g/mol. The molecular weight excluding hydrogens is 577 g/mol. The van der Waals surface area contributed by atoms with Crippen molar-refractivity contribution in [1.29, 1.82) is 0 Å². The number of alkyl halides is 3. The molecular formula is C28H39F3N4O4S2. The Labute approximate surface area is 240 Å². The molecule has 13 heteroatoms. The van der Waals surface area contributed by atoms with Crippen molar-refractivity contribution in [3.05, 3.63) is 59.9 Å². The Balaban J connectivity index is 0.000000271. The van der Waals surface area contributed by atoms with Gasteiger partial charge in [0.1, 0.15) is 0 Å². The number of aromatic nitrogens is 2. The van der Waals surface area contributed by atoms with Gasteiger partial charge in [-0.05, 0) is 76.4 Å². The average Bonchev–Trinajstić information content (AvgIpc) is 3.56. The van der Waals surface area contributed by atoms with Crippen LogP contribution in [0.5, 0.6) is 0 Å². The Morgan fingerprint density at radius 2 is 1.15 bits per heavy atom. The minimum absolute atomic E-state index is 0.0718. The standard InChI is InChI=1S/C13H16F2N2O2S.C13H17FN2O2S.C2H6/c1-17(2)7-6-9-8-16-10-4-3-5-11(12(9)10)20(18,19)13(14)15;1-16(2)7-6-10-8-15-11-4-3-5-12(13(10)11)19(17,18)9-14;1-2/h3-5,8,13,16H,6-7H2,1-2H3;3-5,8,15H,6-7,9H2,1-2H3;1-2H3. The van der Waals surface area contributed by atoms with Gasteiger partial charge in [0.05, 0.1) is 9.79 Å². The highest BCUT2D eigenvalue weighted by Crippen LogP contribution is 2.30. The van der Waals surface area contributed by atoms with Crippen LogP contribution in [-0.4, -0.2) is 89.6 Å². The maximum absolute atomic E-state index is 12.8. The van der Waals surface area contributed by atoms with Crippen LogP contribution >= 0.6 is 0 Å². The Morgan fingerprint density at radius 1 is 0.732 bits per heavy atom. The molecule has 0 atom stereocenters. The summed E-state index contributed by atoms with van der Waals surface area (Å²) in [5.74, 6) is -3.41. The third kappa shape index (κ3) is 8.34. The molecule has 0 aliphatic carbocycles. The maximum Gasteiger partial charge on any atom is 0.341 e. The number of aromatic amines is 2. The Bertz CT molecular complexity index is 1630. The van der Waals surface area contributed by atoms with Gasteiger partial charge in [-0.3, -0.25) is 0 Å². The topological polar surface area (TPSA) is 106 Å². The number of hydrogen-bond donors (Lipinski definition) is 2. The zero-order valence-electron chi connectivity index (χ0n) is 24.2. The fourth-order valence-electron chi connectivity index (χ4n) is 4.17. The van der Waals surface area contributed by atoms with E-state index in [-0.39, 0.29) is 9.79 Å². The fraction of sp³-hybridized carbons (Fsp3) is 0.429. The van der Waals surface area contributed by atoms with Crippen LogP contribution in [0.1, 0.15) is 25.0 Å². The molecule has 0 aliphatic heterocycles. The molecule has 0 saturated heterocycles. The molecule has 0 bridgehead atoms. The lowest BCUT2D eigenvalue weighted by molar-refractivity contribution is 0.235. The normalized spacial score (nSPS) is 12.1. The van der Waals surface area contributed by atoms with Crippen LogP contribution in [0.15, 0.2) is 58.6 Å². The van der Waals surface area contributed by atoms with Crippen LogP contribution in [0.2, 0.25) is 0 Å². The van der Waals surface area contributed by atoms with Gasteiger partial charge < -0.3 is 19.8 Å². The second-order valence-corrected chi connectivity index (χ2v) is 13.4. The van der Waals surface area contributed by atoms with Gasteiger partial charge in [-0.2, -0.15) is 8.78 Å². The highest BCUT2D eigenvalue weighted by Gasteiger charge is 2.29. The van der Waals surface area contributed by atoms with Gasteiger partial charge >= 0.3 is 5.76 Å². The lowest BCUT2D eigenvalue weighted by Gasteiger charge is -2.10. The molecule has 0 amide bonds. The summed E-state index contributed by atoms with van der Waals surface area (Å²) < 4.78 is 85.4. The largest absolute Gasteiger partial charge is 0.361 e. The SMILES string of the molecule is CC.CN(C)CCc1c[nH]c2cccc(S(=O)(=O)C(F)F)c12.CN(C)CCc1c[nH]c2cccc(S(=O)(=O)CF)c12. The number of sulfone groups is 2. The number of benzene rings is 2. The van der Waals surface area contributed by atoms with Gasteiger partial charge in [0, 0.05) is 47.3 Å². The number of nitrogens with zero attached hydrogens (tertiary/aromatic N) is 2. The summed E-state index contributed by atoms with van der Waals surface area (Å²) in [6, 6.07) is 7.89. The third-order valence-corrected chi connectivity index (χ3v) is 8.89. The third-order valence-electron chi connectivity index (χ3n) is 6.17. The van der Waals surface area contributed by atoms with Crippen molar-refractivity contribution < 1.29 is 30.0 Å². The minimum Gasteiger partial charge on any atom is -0.361 e. The molecule has 2 aromatic heterocycles. The van der Waals surface area contributed by atoms with Crippen LogP contribution in [0.3, 0.4) is 0 Å². The minimum atomic E-state index is -4.60. The molecule has 4 rings (SSSR count). The number of hydrogen-bond acceptors (Lipinski definition) is 6. The molecule has 228 valence electrons. The molecule has 2 N–H and O–H groups in total. The van der Waals surface area contributed by atoms with E-state index in [1.807, 2.05) is 51.8 Å². The van der Waals surface area contributed by atoms with E-state index >= 15 is 0 Å². The van der Waals surface area contributed by atoms with Crippen molar-refractivity contribution in [2.24, 2.45) is 0 Å². The zero-order chi connectivity index (χ0) is 31.0. The van der Waals surface area contributed by atoms with E-state index in [0.29, 0.717) is 35.7 Å². The molecule has 2 aromatic carbocycles. The lowest BCUT2D eigenvalue weighted by atomic mass is 10.1. The van der Waals surface area contributed by atoms with E-state index in [0.717, 1.165) is 23.2 Å². The average molecular weight is 617 g/mol. The van der Waals surface area contributed by atoms with Gasteiger partial charge in [0.2, 0.25) is 19.7 Å². The fourth-order valence-corrected chi connectivity index (χ4v) is 6.11. The summed E-state index contributed by atoms with van der Waals surface area (Å²) in [6.07, 6.45) is 4.78. The van der Waals surface area contributed by atoms with Crippen molar-refractivity contribution in [2.45, 2.75) is 42.2 Å². The first kappa shape index (κ1) is 34.3. The van der Waals surface area contributed by atoms with Gasteiger partial charge in [-0.15, -0.1) is 0 Å². The van der Waals surface area contributed by atoms with Crippen LogP contribution in [0.25, 0.3) is 21.8 Å². The van der Waals surface area contributed by atoms with Crippen LogP contribution in [0.4, 0.5) is 13.2 Å². The summed E-state index contributed by atoms with van der Waals surface area (Å²) in [5, 5.41) is 0.983. The summed E-state index contributed by atoms with van der Waals surface area (Å²) in [4.78, 5) is 9.71. The Morgan fingerprint density at radius 3 is 1.54 bits per heavy atom. The van der Waals surface area contributed by atoms with E-state index in [9.17, 15) is 30.0 Å². The summed E-state index contributed by atoms with van der Waals surface area (Å²) in [6.45, 7) is 5.51. The molecule has 0 aliphatic rings. The first-order chi connectivity index (χ1) is 19.3. The Kier molecular flexibility index (Phi) is 12.4. The molecule has 0 saturated carbocycles. The highest BCUT2D eigenvalue weighted by atomic mass is 32.2. The van der Waals surface area contributed by atoms with E-state index in [1.54, 1.807) is 30.6 Å². The molecule has 0 radical (unpaired) electrons. The second-order valence-electron chi connectivity index (χ2n) is 9.62. The van der Waals surface area contributed by atoms with E-state index < -0.39 is 31.4 Å². The second kappa shape index (κ2) is 14.9. The van der Waals surface area contributed by atoms with Crippen LogP contribution < -0.4 is 0 Å². The van der Waals surface area contributed by atoms with E-state index in [2.05, 4.69) is 9.97 Å². The zero-order valence-corrected chi connectivity index (χ0v) is 25.8. The van der Waals surface area contributed by atoms with Gasteiger partial charge in [0.25, 0.3) is 0 Å². The number of fused-ring (bicyclic) bond motifs is 2. The highest BCUT2D eigenvalue weighted by molar-refractivity contribution is 7.92. The molecule has 4 aromatic rings. The van der Waals surface area contributed by atoms with Crippen molar-refractivity contribution >= 4 is 41.5 Å². The number of rotatable bonds is 10. The number of nitrogens with one attached hydrogen (secondary N) is 2. The van der Waals surface area contributed by atoms with Crippen molar-refractivity contribution in [1.82, 2.24) is 19.8 Å². The number of halogens is 3. The summed E-state index contributed by atoms with van der Waals surface area (Å²) in [5.41, 5.74) is 2.91. The maximum atomic E-state index is 12.8. The molecule has 41 heavy (non-hydrogen) atoms. The van der Waals surface area contributed by atoms with E-state index in [1.165, 1.54) is 18.2 Å². The smallest absolute Gasteiger partial charge is 0.341 e. The van der Waals surface area contributed by atoms with Crippen molar-refractivity contribution in [3.63, 3.8) is 0 Å². The first-order valence-electron chi connectivity index (χ1n) is 13.1. The van der Waals surface area contributed by atoms with Crippen LogP contribution in [0, 0.1) is 0 Å². The van der Waals surface area contributed by atoms with Crippen molar-refractivity contribution in [3.8, 4) is 0 Å². The molecule has 0 fully saturated rings. The van der Waals surface area contributed by atoms with Crippen LogP contribution in [-0.2, 0) is 32.5 Å². The number of H-pyrrole nitrogens is 2. The van der Waals surface area contributed by atoms with Gasteiger partial charge in [-0.1, -0.05) is 26.0 Å². The molecule has 2 heterocycles. The predicted octanol–water partition coefficient (Wildman–Crippen LogP) is 5.27. The number of likely N-dealkylation sites (N-methyl/N-ethyl adjacent to an activating group) is 2. The van der Waals surface area contributed by atoms with Crippen molar-refractivity contribution in [2.75, 3.05) is 47.3 Å². The molecule has 8 nitrogen and oxygen atoms in total. The summed E-state index contributed by atoms with van der Waals surface area (Å²) in [7, 11) is -0.764. The molecule has 0 unspecified atom stereocenters.